The molecule has 0 unspecified atom stereocenters. The number of nitrogens with zero attached hydrogens (tertiary/aromatic N) is 3. The van der Waals surface area contributed by atoms with Crippen molar-refractivity contribution in [2.24, 2.45) is 5.41 Å². The molecule has 1 amide bonds. The highest BCUT2D eigenvalue weighted by atomic mass is 32.2. The van der Waals surface area contributed by atoms with Crippen LogP contribution in [-0.2, 0) is 22.8 Å². The molecular weight excluding hydrogens is 398 g/mol. The van der Waals surface area contributed by atoms with E-state index < -0.39 is 20.6 Å². The Kier molecular flexibility index (Phi) is 3.97. The predicted molar refractivity (Wildman–Crippen MR) is 101 cm³/mol. The monoisotopic (exact) mass is 423 g/mol. The average molecular weight is 423 g/mol. The molecule has 1 aromatic heterocycles. The SMILES string of the molecule is O=C(O)c1nn(CC2(CO)CC2)c2c1CCN(CC1(S(=O)(=O)C3CC3)CC1)C2=O. The third kappa shape index (κ3) is 2.91. The molecule has 0 radical (unpaired) electrons. The number of amides is 1. The van der Waals surface area contributed by atoms with Gasteiger partial charge in [0.05, 0.1) is 16.6 Å². The molecule has 4 aliphatic rings. The first-order chi connectivity index (χ1) is 13.7. The molecule has 2 N–H and O–H groups in total. The maximum atomic E-state index is 13.3. The van der Waals surface area contributed by atoms with E-state index in [-0.39, 0.29) is 41.1 Å². The van der Waals surface area contributed by atoms with Crippen molar-refractivity contribution in [1.29, 1.82) is 0 Å². The van der Waals surface area contributed by atoms with Crippen LogP contribution in [0.25, 0.3) is 0 Å². The van der Waals surface area contributed by atoms with Crippen molar-refractivity contribution in [1.82, 2.24) is 14.7 Å². The van der Waals surface area contributed by atoms with Gasteiger partial charge in [-0.3, -0.25) is 9.48 Å². The summed E-state index contributed by atoms with van der Waals surface area (Å²) >= 11 is 0. The van der Waals surface area contributed by atoms with Crippen molar-refractivity contribution < 1.29 is 28.2 Å². The minimum Gasteiger partial charge on any atom is -0.476 e. The standard InChI is InChI=1S/C19H25N3O6S/c23-11-18(4-5-18)9-22-15-13(14(20-22)17(25)26)3-8-21(16(15)24)10-19(6-7-19)29(27,28)12-1-2-12/h12,23H,1-11H2,(H,25,26). The molecule has 5 rings (SSSR count). The number of hydrogen-bond donors (Lipinski definition) is 2. The number of carboxylic acids is 1. The van der Waals surface area contributed by atoms with Crippen LogP contribution < -0.4 is 0 Å². The average Bonchev–Trinajstić information content (AvgIpc) is 3.54. The van der Waals surface area contributed by atoms with Crippen molar-refractivity contribution in [3.63, 3.8) is 0 Å². The van der Waals surface area contributed by atoms with Gasteiger partial charge in [-0.15, -0.1) is 0 Å². The molecule has 0 spiro atoms. The van der Waals surface area contributed by atoms with Gasteiger partial charge in [0.15, 0.2) is 15.5 Å². The number of fused-ring (bicyclic) bond motifs is 1. The van der Waals surface area contributed by atoms with Gasteiger partial charge in [0, 0.05) is 30.6 Å². The van der Waals surface area contributed by atoms with E-state index in [1.165, 1.54) is 4.68 Å². The first kappa shape index (κ1) is 19.0. The third-order valence-corrected chi connectivity index (χ3v) is 10.1. The second-order valence-electron chi connectivity index (χ2n) is 9.20. The van der Waals surface area contributed by atoms with Crippen LogP contribution in [0, 0.1) is 5.41 Å². The van der Waals surface area contributed by atoms with E-state index in [2.05, 4.69) is 5.10 Å². The summed E-state index contributed by atoms with van der Waals surface area (Å²) in [6.07, 6.45) is 4.53. The molecule has 0 saturated heterocycles. The number of aliphatic hydroxyl groups excluding tert-OH is 1. The van der Waals surface area contributed by atoms with Crippen molar-refractivity contribution >= 4 is 21.7 Å². The lowest BCUT2D eigenvalue weighted by Crippen LogP contribution is -2.47. The molecule has 3 saturated carbocycles. The molecule has 3 fully saturated rings. The lowest BCUT2D eigenvalue weighted by molar-refractivity contribution is 0.0687. The summed E-state index contributed by atoms with van der Waals surface area (Å²) < 4.78 is 26.3. The fourth-order valence-electron chi connectivity index (χ4n) is 4.52. The molecule has 0 aromatic carbocycles. The van der Waals surface area contributed by atoms with Crippen molar-refractivity contribution in [3.8, 4) is 0 Å². The molecule has 1 aliphatic heterocycles. The predicted octanol–water partition coefficient (Wildman–Crippen LogP) is 0.462. The zero-order valence-corrected chi connectivity index (χ0v) is 16.9. The minimum absolute atomic E-state index is 0.0370. The first-order valence-electron chi connectivity index (χ1n) is 10.2. The summed E-state index contributed by atoms with van der Waals surface area (Å²) in [4.78, 5) is 26.5. The Morgan fingerprint density at radius 3 is 2.38 bits per heavy atom. The first-order valence-corrected chi connectivity index (χ1v) is 11.7. The van der Waals surface area contributed by atoms with Gasteiger partial charge in [-0.2, -0.15) is 5.10 Å². The van der Waals surface area contributed by atoms with E-state index in [0.717, 1.165) is 12.8 Å². The molecule has 1 aromatic rings. The van der Waals surface area contributed by atoms with Gasteiger partial charge in [-0.05, 0) is 44.9 Å². The maximum absolute atomic E-state index is 13.3. The van der Waals surface area contributed by atoms with Crippen LogP contribution in [0.15, 0.2) is 0 Å². The molecule has 29 heavy (non-hydrogen) atoms. The number of carbonyl (C=O) groups is 2. The Hall–Kier alpha value is -1.94. The van der Waals surface area contributed by atoms with Crippen LogP contribution in [0.2, 0.25) is 0 Å². The van der Waals surface area contributed by atoms with E-state index >= 15 is 0 Å². The Morgan fingerprint density at radius 1 is 1.17 bits per heavy atom. The van der Waals surface area contributed by atoms with Crippen LogP contribution in [0.4, 0.5) is 0 Å². The molecule has 0 atom stereocenters. The second kappa shape index (κ2) is 6.04. The van der Waals surface area contributed by atoms with Gasteiger partial charge in [0.1, 0.15) is 5.69 Å². The van der Waals surface area contributed by atoms with E-state index in [0.29, 0.717) is 50.8 Å². The van der Waals surface area contributed by atoms with Crippen molar-refractivity contribution in [3.05, 3.63) is 17.0 Å². The summed E-state index contributed by atoms with van der Waals surface area (Å²) in [5, 5.41) is 23.1. The minimum atomic E-state index is -3.24. The number of aromatic carboxylic acids is 1. The molecule has 158 valence electrons. The topological polar surface area (TPSA) is 130 Å². The van der Waals surface area contributed by atoms with E-state index in [1.807, 2.05) is 0 Å². The molecule has 10 heteroatoms. The number of aromatic nitrogens is 2. The van der Waals surface area contributed by atoms with E-state index in [4.69, 9.17) is 0 Å². The Labute approximate surface area is 168 Å². The Morgan fingerprint density at radius 2 is 1.86 bits per heavy atom. The second-order valence-corrected chi connectivity index (χ2v) is 11.8. The van der Waals surface area contributed by atoms with Gasteiger partial charge >= 0.3 is 5.97 Å². The summed E-state index contributed by atoms with van der Waals surface area (Å²) in [6, 6.07) is 0. The molecule has 9 nitrogen and oxygen atoms in total. The fraction of sp³-hybridized carbons (Fsp3) is 0.737. The number of hydrogen-bond acceptors (Lipinski definition) is 6. The lowest BCUT2D eigenvalue weighted by atomic mass is 10.0. The smallest absolute Gasteiger partial charge is 0.356 e. The highest BCUT2D eigenvalue weighted by molar-refractivity contribution is 7.94. The van der Waals surface area contributed by atoms with Crippen LogP contribution in [0.5, 0.6) is 0 Å². The number of sulfone groups is 1. The lowest BCUT2D eigenvalue weighted by Gasteiger charge is -2.31. The fourth-order valence-corrected chi connectivity index (χ4v) is 6.99. The normalized spacial score (nSPS) is 24.3. The highest BCUT2D eigenvalue weighted by Gasteiger charge is 2.60. The number of rotatable bonds is 8. The Bertz CT molecular complexity index is 1000. The summed E-state index contributed by atoms with van der Waals surface area (Å²) in [6.45, 7) is 0.725. The molecule has 0 bridgehead atoms. The Balaban J connectivity index is 1.45. The van der Waals surface area contributed by atoms with Crippen LogP contribution in [-0.4, -0.2) is 74.9 Å². The quantitative estimate of drug-likeness (QED) is 0.621. The molecule has 3 aliphatic carbocycles. The van der Waals surface area contributed by atoms with Gasteiger partial charge in [0.25, 0.3) is 5.91 Å². The van der Waals surface area contributed by atoms with Crippen LogP contribution >= 0.6 is 0 Å². The maximum Gasteiger partial charge on any atom is 0.356 e. The van der Waals surface area contributed by atoms with Gasteiger partial charge in [-0.25, -0.2) is 13.2 Å². The van der Waals surface area contributed by atoms with Crippen LogP contribution in [0.3, 0.4) is 0 Å². The highest BCUT2D eigenvalue weighted by Crippen LogP contribution is 2.51. The van der Waals surface area contributed by atoms with Crippen molar-refractivity contribution in [2.75, 3.05) is 19.7 Å². The summed E-state index contributed by atoms with van der Waals surface area (Å²) in [5.74, 6) is -1.53. The summed E-state index contributed by atoms with van der Waals surface area (Å²) in [5.41, 5.74) is 0.203. The molecule has 2 heterocycles. The molecular formula is C19H25N3O6S. The largest absolute Gasteiger partial charge is 0.476 e. The van der Waals surface area contributed by atoms with Gasteiger partial charge in [-0.1, -0.05) is 0 Å². The van der Waals surface area contributed by atoms with Gasteiger partial charge < -0.3 is 15.1 Å². The van der Waals surface area contributed by atoms with E-state index in [9.17, 15) is 28.2 Å². The summed E-state index contributed by atoms with van der Waals surface area (Å²) in [7, 11) is -3.24. The van der Waals surface area contributed by atoms with Crippen LogP contribution in [0.1, 0.15) is 65.1 Å². The van der Waals surface area contributed by atoms with Gasteiger partial charge in [0.2, 0.25) is 0 Å². The zero-order valence-electron chi connectivity index (χ0n) is 16.1. The van der Waals surface area contributed by atoms with Crippen molar-refractivity contribution in [2.45, 2.75) is 61.5 Å². The number of aliphatic hydroxyl groups is 1. The number of carbonyl (C=O) groups excluding carboxylic acids is 1. The number of carboxylic acid groups (broad SMARTS) is 1. The third-order valence-electron chi connectivity index (χ3n) is 7.01. The zero-order chi connectivity index (χ0) is 20.6. The van der Waals surface area contributed by atoms with E-state index in [1.54, 1.807) is 4.90 Å².